The fourth-order valence-electron chi connectivity index (χ4n) is 3.82. The first kappa shape index (κ1) is 16.7. The number of hydrogen-bond donors (Lipinski definition) is 2. The van der Waals surface area contributed by atoms with Crippen LogP contribution in [0.2, 0.25) is 0 Å². The number of nitrogens with one attached hydrogen (secondary N) is 2. The number of piperidine rings is 1. The van der Waals surface area contributed by atoms with Gasteiger partial charge in [-0.15, -0.1) is 0 Å². The second kappa shape index (κ2) is 6.39. The number of nitrogens with zero attached hydrogens (tertiary/aromatic N) is 2. The van der Waals surface area contributed by atoms with E-state index in [1.165, 1.54) is 6.42 Å². The number of hydrogen-bond acceptors (Lipinski definition) is 5. The number of H-pyrrole nitrogens is 1. The van der Waals surface area contributed by atoms with Crippen LogP contribution in [0.3, 0.4) is 0 Å². The second-order valence-corrected chi connectivity index (χ2v) is 7.06. The lowest BCUT2D eigenvalue weighted by Crippen LogP contribution is -2.42. The molecule has 0 bridgehead atoms. The Labute approximate surface area is 140 Å². The largest absolute Gasteiger partial charge is 0.444 e. The molecule has 130 valence electrons. The molecule has 0 unspecified atom stereocenters. The van der Waals surface area contributed by atoms with Gasteiger partial charge in [0.1, 0.15) is 11.1 Å². The average Bonchev–Trinajstić information content (AvgIpc) is 2.79. The fourth-order valence-corrected chi connectivity index (χ4v) is 3.82. The van der Waals surface area contributed by atoms with E-state index in [1.54, 1.807) is 13.8 Å². The van der Waals surface area contributed by atoms with Gasteiger partial charge in [-0.1, -0.05) is 13.8 Å². The van der Waals surface area contributed by atoms with E-state index < -0.39 is 0 Å². The summed E-state index contributed by atoms with van der Waals surface area (Å²) in [5.74, 6) is 1.80. The van der Waals surface area contributed by atoms with Crippen molar-refractivity contribution >= 4 is 22.6 Å². The smallest absolute Gasteiger partial charge is 0.277 e. The quantitative estimate of drug-likeness (QED) is 0.897. The predicted molar refractivity (Wildman–Crippen MR) is 92.1 cm³/mol. The highest BCUT2D eigenvalue weighted by atomic mass is 16.4. The summed E-state index contributed by atoms with van der Waals surface area (Å²) in [6.07, 6.45) is 1.20. The van der Waals surface area contributed by atoms with Crippen LogP contribution in [0.1, 0.15) is 31.7 Å². The molecule has 7 nitrogen and oxygen atoms in total. The molecule has 1 aliphatic rings. The molecule has 3 rings (SSSR count). The maximum atomic E-state index is 12.4. The molecule has 1 amide bonds. The Morgan fingerprint density at radius 1 is 1.29 bits per heavy atom. The highest BCUT2D eigenvalue weighted by molar-refractivity contribution is 6.01. The lowest BCUT2D eigenvalue weighted by Gasteiger charge is -2.34. The Kier molecular flexibility index (Phi) is 4.45. The van der Waals surface area contributed by atoms with Crippen LogP contribution in [-0.2, 0) is 4.79 Å². The summed E-state index contributed by atoms with van der Waals surface area (Å²) in [5.41, 5.74) is 0.313. The number of carbonyl (C=O) groups excluding carboxylic acids is 1. The van der Waals surface area contributed by atoms with Crippen LogP contribution in [-0.4, -0.2) is 40.6 Å². The van der Waals surface area contributed by atoms with E-state index in [1.807, 2.05) is 0 Å². The monoisotopic (exact) mass is 332 g/mol. The van der Waals surface area contributed by atoms with E-state index in [0.717, 1.165) is 13.1 Å². The minimum absolute atomic E-state index is 0.166. The van der Waals surface area contributed by atoms with Gasteiger partial charge in [0.05, 0.1) is 17.6 Å². The summed E-state index contributed by atoms with van der Waals surface area (Å²) in [7, 11) is 0. The number of furan rings is 1. The Hall–Kier alpha value is -2.15. The summed E-state index contributed by atoms with van der Waals surface area (Å²) in [4.78, 5) is 26.6. The van der Waals surface area contributed by atoms with E-state index in [2.05, 4.69) is 34.3 Å². The highest BCUT2D eigenvalue weighted by Crippen LogP contribution is 2.28. The van der Waals surface area contributed by atoms with Crippen molar-refractivity contribution in [2.75, 3.05) is 25.0 Å². The molecule has 24 heavy (non-hydrogen) atoms. The van der Waals surface area contributed by atoms with Crippen LogP contribution >= 0.6 is 0 Å². The molecule has 2 N–H and O–H groups in total. The third kappa shape index (κ3) is 3.21. The van der Waals surface area contributed by atoms with Crippen LogP contribution in [0.4, 0.5) is 5.88 Å². The van der Waals surface area contributed by atoms with Gasteiger partial charge in [0.25, 0.3) is 5.56 Å². The van der Waals surface area contributed by atoms with Crippen molar-refractivity contribution in [3.8, 4) is 0 Å². The van der Waals surface area contributed by atoms with Crippen LogP contribution in [0.15, 0.2) is 9.21 Å². The predicted octanol–water partition coefficient (Wildman–Crippen LogP) is 2.05. The van der Waals surface area contributed by atoms with Crippen molar-refractivity contribution in [2.45, 2.75) is 34.1 Å². The number of likely N-dealkylation sites (tertiary alicyclic amines) is 1. The molecular weight excluding hydrogens is 308 g/mol. The third-order valence-electron chi connectivity index (χ3n) is 4.56. The Morgan fingerprint density at radius 3 is 2.62 bits per heavy atom. The van der Waals surface area contributed by atoms with Gasteiger partial charge < -0.3 is 4.42 Å². The molecule has 3 heterocycles. The molecule has 2 aromatic rings. The number of aromatic nitrogens is 2. The lowest BCUT2D eigenvalue weighted by atomic mass is 9.92. The number of rotatable bonds is 3. The zero-order valence-corrected chi connectivity index (χ0v) is 14.6. The molecule has 1 saturated heterocycles. The topological polar surface area (TPSA) is 91.2 Å². The molecule has 1 aliphatic heterocycles. The van der Waals surface area contributed by atoms with Gasteiger partial charge in [-0.25, -0.2) is 5.10 Å². The summed E-state index contributed by atoms with van der Waals surface area (Å²) in [5, 5.41) is 10.2. The Balaban J connectivity index is 1.79. The standard InChI is InChI=1S/C17H24N4O3/c1-9-5-10(2)7-21(6-9)8-13(22)18-17-15-14(12(4)24-17)11(3)19-20-16(15)23/h9-10H,5-8H2,1-4H3,(H,18,22)(H,20,23)/t9-,10-/m0/s1. The number of aromatic amines is 1. The number of aryl methyl sites for hydroxylation is 2. The van der Waals surface area contributed by atoms with Crippen LogP contribution < -0.4 is 10.9 Å². The first-order valence-corrected chi connectivity index (χ1v) is 8.35. The van der Waals surface area contributed by atoms with Gasteiger partial charge in [-0.2, -0.15) is 5.10 Å². The number of fused-ring (bicyclic) bond motifs is 1. The second-order valence-electron chi connectivity index (χ2n) is 7.06. The third-order valence-corrected chi connectivity index (χ3v) is 4.56. The van der Waals surface area contributed by atoms with Crippen LogP contribution in [0, 0.1) is 25.7 Å². The van der Waals surface area contributed by atoms with Gasteiger partial charge in [0.15, 0.2) is 0 Å². The Bertz CT molecular complexity index is 813. The maximum absolute atomic E-state index is 12.4. The van der Waals surface area contributed by atoms with Crippen molar-refractivity contribution in [1.29, 1.82) is 0 Å². The Morgan fingerprint density at radius 2 is 1.96 bits per heavy atom. The normalized spacial score (nSPS) is 22.0. The van der Waals surface area contributed by atoms with Crippen LogP contribution in [0.5, 0.6) is 0 Å². The van der Waals surface area contributed by atoms with E-state index >= 15 is 0 Å². The summed E-state index contributed by atoms with van der Waals surface area (Å²) >= 11 is 0. The molecule has 1 fully saturated rings. The number of amides is 1. The highest BCUT2D eigenvalue weighted by Gasteiger charge is 2.24. The zero-order valence-electron chi connectivity index (χ0n) is 14.6. The average molecular weight is 332 g/mol. The van der Waals surface area contributed by atoms with Crippen molar-refractivity contribution in [1.82, 2.24) is 15.1 Å². The molecule has 0 spiro atoms. The minimum Gasteiger partial charge on any atom is -0.444 e. The molecule has 0 aromatic carbocycles. The molecule has 0 aliphatic carbocycles. The first-order chi connectivity index (χ1) is 11.3. The molecule has 2 aromatic heterocycles. The van der Waals surface area contributed by atoms with E-state index in [9.17, 15) is 9.59 Å². The minimum atomic E-state index is -0.358. The number of anilines is 1. The number of carbonyl (C=O) groups is 1. The molecule has 2 atom stereocenters. The molecule has 0 saturated carbocycles. The van der Waals surface area contributed by atoms with E-state index in [-0.39, 0.29) is 17.4 Å². The van der Waals surface area contributed by atoms with Gasteiger partial charge in [-0.05, 0) is 32.1 Å². The van der Waals surface area contributed by atoms with Crippen molar-refractivity contribution in [3.63, 3.8) is 0 Å². The first-order valence-electron chi connectivity index (χ1n) is 8.35. The summed E-state index contributed by atoms with van der Waals surface area (Å²) < 4.78 is 5.62. The fraction of sp³-hybridized carbons (Fsp3) is 0.588. The SMILES string of the molecule is Cc1n[nH]c(=O)c2c(NC(=O)CN3C[C@@H](C)C[C@H](C)C3)oc(C)c12. The van der Waals surface area contributed by atoms with Crippen molar-refractivity contribution < 1.29 is 9.21 Å². The van der Waals surface area contributed by atoms with Gasteiger partial charge in [0.2, 0.25) is 11.8 Å². The van der Waals surface area contributed by atoms with Crippen molar-refractivity contribution in [2.24, 2.45) is 11.8 Å². The summed E-state index contributed by atoms with van der Waals surface area (Å²) in [6, 6.07) is 0. The maximum Gasteiger partial charge on any atom is 0.277 e. The zero-order chi connectivity index (χ0) is 17.4. The van der Waals surface area contributed by atoms with E-state index in [0.29, 0.717) is 40.6 Å². The van der Waals surface area contributed by atoms with Gasteiger partial charge in [0, 0.05) is 13.1 Å². The van der Waals surface area contributed by atoms with Gasteiger partial charge in [-0.3, -0.25) is 19.8 Å². The summed E-state index contributed by atoms with van der Waals surface area (Å²) in [6.45, 7) is 10.1. The van der Waals surface area contributed by atoms with Gasteiger partial charge >= 0.3 is 0 Å². The molecule has 0 radical (unpaired) electrons. The lowest BCUT2D eigenvalue weighted by molar-refractivity contribution is -0.118. The van der Waals surface area contributed by atoms with Crippen molar-refractivity contribution in [3.05, 3.63) is 21.8 Å². The molecular formula is C17H24N4O3. The molecule has 7 heteroatoms. The van der Waals surface area contributed by atoms with Crippen LogP contribution in [0.25, 0.3) is 10.8 Å². The van der Waals surface area contributed by atoms with E-state index in [4.69, 9.17) is 4.42 Å².